The van der Waals surface area contributed by atoms with Gasteiger partial charge in [-0.1, -0.05) is 47.6 Å². The van der Waals surface area contributed by atoms with E-state index in [1.54, 1.807) is 42.9 Å². The lowest BCUT2D eigenvalue weighted by atomic mass is 10.0. The number of amides is 2. The SMILES string of the molecule is COc1ccccc1-c1noc(C)c1C(=O)N1CCN(Cc2ccc(F)cc2)CCCN(C(C)=O)c2ccccc2C1. The van der Waals surface area contributed by atoms with Gasteiger partial charge in [-0.15, -0.1) is 0 Å². The Labute approximate surface area is 245 Å². The summed E-state index contributed by atoms with van der Waals surface area (Å²) in [6, 6.07) is 21.6. The van der Waals surface area contributed by atoms with Gasteiger partial charge in [-0.2, -0.15) is 0 Å². The van der Waals surface area contributed by atoms with Crippen LogP contribution in [0, 0.1) is 12.7 Å². The molecule has 0 fully saturated rings. The topological polar surface area (TPSA) is 79.1 Å². The standard InChI is InChI=1S/C33H35FN4O4/c1-23-31(32(35-42-23)28-10-5-7-12-30(28)41-3)33(40)37-20-19-36(21-25-13-15-27(34)16-14-25)17-8-18-38(24(2)39)29-11-6-4-9-26(29)22-37/h4-7,9-16H,8,17-22H2,1-3H3. The van der Waals surface area contributed by atoms with Gasteiger partial charge < -0.3 is 19.1 Å². The van der Waals surface area contributed by atoms with Crippen LogP contribution in [0.2, 0.25) is 0 Å². The van der Waals surface area contributed by atoms with Gasteiger partial charge in [-0.05, 0) is 54.8 Å². The summed E-state index contributed by atoms with van der Waals surface area (Å²) >= 11 is 0. The van der Waals surface area contributed by atoms with Crippen molar-refractivity contribution in [2.24, 2.45) is 0 Å². The molecule has 2 amide bonds. The Morgan fingerprint density at radius 3 is 2.45 bits per heavy atom. The number of benzene rings is 3. The van der Waals surface area contributed by atoms with E-state index in [0.29, 0.717) is 67.6 Å². The van der Waals surface area contributed by atoms with Crippen molar-refractivity contribution in [3.8, 4) is 17.0 Å². The molecule has 2 heterocycles. The largest absolute Gasteiger partial charge is 0.496 e. The molecule has 1 aliphatic rings. The number of ether oxygens (including phenoxy) is 1. The Bertz CT molecular complexity index is 1550. The molecule has 0 bridgehead atoms. The number of methoxy groups -OCH3 is 1. The predicted molar refractivity (Wildman–Crippen MR) is 159 cm³/mol. The Hall–Kier alpha value is -4.50. The number of fused-ring (bicyclic) bond motifs is 1. The number of carbonyl (C=O) groups is 2. The minimum atomic E-state index is -0.280. The number of carbonyl (C=O) groups excluding carboxylic acids is 2. The van der Waals surface area contributed by atoms with Gasteiger partial charge in [-0.25, -0.2) is 4.39 Å². The first-order chi connectivity index (χ1) is 20.4. The molecule has 0 aliphatic carbocycles. The lowest BCUT2D eigenvalue weighted by molar-refractivity contribution is -0.116. The molecule has 4 aromatic rings. The minimum absolute atomic E-state index is 0.0574. The summed E-state index contributed by atoms with van der Waals surface area (Å²) in [5.41, 5.74) is 4.11. The fourth-order valence-electron chi connectivity index (χ4n) is 5.45. The lowest BCUT2D eigenvalue weighted by Crippen LogP contribution is -2.38. The number of aryl methyl sites for hydroxylation is 1. The highest BCUT2D eigenvalue weighted by molar-refractivity contribution is 6.01. The van der Waals surface area contributed by atoms with E-state index in [2.05, 4.69) is 10.1 Å². The fraction of sp³-hybridized carbons (Fsp3) is 0.303. The number of para-hydroxylation sites is 2. The van der Waals surface area contributed by atoms with Gasteiger partial charge in [0.1, 0.15) is 28.6 Å². The second kappa shape index (κ2) is 13.0. The molecule has 1 aliphatic heterocycles. The monoisotopic (exact) mass is 570 g/mol. The zero-order chi connectivity index (χ0) is 29.6. The number of hydrogen-bond donors (Lipinski definition) is 0. The number of anilines is 1. The van der Waals surface area contributed by atoms with Gasteiger partial charge in [0.2, 0.25) is 5.91 Å². The zero-order valence-electron chi connectivity index (χ0n) is 24.2. The fourth-order valence-corrected chi connectivity index (χ4v) is 5.45. The zero-order valence-corrected chi connectivity index (χ0v) is 24.2. The molecule has 0 unspecified atom stereocenters. The van der Waals surface area contributed by atoms with Crippen molar-refractivity contribution in [2.45, 2.75) is 33.4 Å². The number of nitrogens with zero attached hydrogens (tertiary/aromatic N) is 4. The second-order valence-electron chi connectivity index (χ2n) is 10.4. The van der Waals surface area contributed by atoms with E-state index in [1.807, 2.05) is 48.5 Å². The molecule has 218 valence electrons. The van der Waals surface area contributed by atoms with Gasteiger partial charge in [-0.3, -0.25) is 14.5 Å². The molecule has 0 saturated heterocycles. The van der Waals surface area contributed by atoms with Crippen LogP contribution in [0.4, 0.5) is 10.1 Å². The molecule has 0 atom stereocenters. The average molecular weight is 571 g/mol. The van der Waals surface area contributed by atoms with Crippen LogP contribution < -0.4 is 9.64 Å². The van der Waals surface area contributed by atoms with E-state index in [9.17, 15) is 14.0 Å². The Kier molecular flexibility index (Phi) is 8.97. The maximum Gasteiger partial charge on any atom is 0.260 e. The van der Waals surface area contributed by atoms with Crippen molar-refractivity contribution in [1.82, 2.24) is 15.0 Å². The molecule has 9 heteroatoms. The molecule has 0 spiro atoms. The highest BCUT2D eigenvalue weighted by Gasteiger charge is 2.29. The smallest absolute Gasteiger partial charge is 0.260 e. The minimum Gasteiger partial charge on any atom is -0.496 e. The summed E-state index contributed by atoms with van der Waals surface area (Å²) in [4.78, 5) is 33.0. The van der Waals surface area contributed by atoms with Crippen molar-refractivity contribution in [3.05, 3.63) is 101 Å². The van der Waals surface area contributed by atoms with E-state index >= 15 is 0 Å². The predicted octanol–water partition coefficient (Wildman–Crippen LogP) is 5.70. The van der Waals surface area contributed by atoms with Gasteiger partial charge in [0, 0.05) is 57.4 Å². The third-order valence-corrected chi connectivity index (χ3v) is 7.61. The molecule has 0 N–H and O–H groups in total. The van der Waals surface area contributed by atoms with Gasteiger partial charge in [0.15, 0.2) is 0 Å². The molecular weight excluding hydrogens is 535 g/mol. The van der Waals surface area contributed by atoms with Crippen molar-refractivity contribution in [2.75, 3.05) is 38.2 Å². The Morgan fingerprint density at radius 2 is 1.69 bits per heavy atom. The van der Waals surface area contributed by atoms with E-state index in [-0.39, 0.29) is 17.6 Å². The number of halogens is 1. The van der Waals surface area contributed by atoms with Crippen molar-refractivity contribution in [1.29, 1.82) is 0 Å². The summed E-state index contributed by atoms with van der Waals surface area (Å²) in [5.74, 6) is 0.442. The first-order valence-electron chi connectivity index (χ1n) is 14.1. The summed E-state index contributed by atoms with van der Waals surface area (Å²) < 4.78 is 24.7. The third-order valence-electron chi connectivity index (χ3n) is 7.61. The summed E-state index contributed by atoms with van der Waals surface area (Å²) in [6.07, 6.45) is 0.742. The third kappa shape index (κ3) is 6.36. The maximum absolute atomic E-state index is 14.4. The highest BCUT2D eigenvalue weighted by atomic mass is 19.1. The molecule has 0 radical (unpaired) electrons. The molecule has 8 nitrogen and oxygen atoms in total. The van der Waals surface area contributed by atoms with Crippen molar-refractivity contribution >= 4 is 17.5 Å². The molecule has 5 rings (SSSR count). The van der Waals surface area contributed by atoms with Crippen LogP contribution in [-0.4, -0.2) is 60.1 Å². The van der Waals surface area contributed by atoms with E-state index in [1.165, 1.54) is 12.1 Å². The van der Waals surface area contributed by atoms with E-state index < -0.39 is 0 Å². The summed E-state index contributed by atoms with van der Waals surface area (Å²) in [6.45, 7) is 6.43. The summed E-state index contributed by atoms with van der Waals surface area (Å²) in [5, 5.41) is 4.26. The van der Waals surface area contributed by atoms with Crippen LogP contribution in [-0.2, 0) is 17.9 Å². The van der Waals surface area contributed by atoms with Crippen LogP contribution >= 0.6 is 0 Å². The number of hydrogen-bond acceptors (Lipinski definition) is 6. The van der Waals surface area contributed by atoms with Crippen LogP contribution in [0.3, 0.4) is 0 Å². The highest BCUT2D eigenvalue weighted by Crippen LogP contribution is 2.34. The van der Waals surface area contributed by atoms with Gasteiger partial charge >= 0.3 is 0 Å². The van der Waals surface area contributed by atoms with Crippen LogP contribution in [0.25, 0.3) is 11.3 Å². The average Bonchev–Trinajstić information content (AvgIpc) is 3.37. The molecule has 1 aromatic heterocycles. The maximum atomic E-state index is 14.4. The Morgan fingerprint density at radius 1 is 0.952 bits per heavy atom. The van der Waals surface area contributed by atoms with Crippen molar-refractivity contribution in [3.63, 3.8) is 0 Å². The van der Waals surface area contributed by atoms with Gasteiger partial charge in [0.25, 0.3) is 5.91 Å². The normalized spacial score (nSPS) is 14.7. The van der Waals surface area contributed by atoms with Crippen molar-refractivity contribution < 1.29 is 23.2 Å². The molecule has 3 aromatic carbocycles. The number of rotatable bonds is 5. The molecule has 0 saturated carbocycles. The molecular formula is C33H35FN4O4. The second-order valence-corrected chi connectivity index (χ2v) is 10.4. The number of aromatic nitrogens is 1. The lowest BCUT2D eigenvalue weighted by Gasteiger charge is -2.28. The van der Waals surface area contributed by atoms with Gasteiger partial charge in [0.05, 0.1) is 7.11 Å². The van der Waals surface area contributed by atoms with Crippen LogP contribution in [0.5, 0.6) is 5.75 Å². The first-order valence-corrected chi connectivity index (χ1v) is 14.1. The van der Waals surface area contributed by atoms with E-state index in [4.69, 9.17) is 9.26 Å². The van der Waals surface area contributed by atoms with Crippen LogP contribution in [0.1, 0.15) is 40.6 Å². The first kappa shape index (κ1) is 29.0. The Balaban J connectivity index is 1.53. The van der Waals surface area contributed by atoms with E-state index in [0.717, 1.165) is 23.2 Å². The summed E-state index contributed by atoms with van der Waals surface area (Å²) in [7, 11) is 1.58. The van der Waals surface area contributed by atoms with Crippen LogP contribution in [0.15, 0.2) is 77.3 Å². The molecule has 42 heavy (non-hydrogen) atoms. The quantitative estimate of drug-likeness (QED) is 0.306.